The summed E-state index contributed by atoms with van der Waals surface area (Å²) in [5, 5.41) is 13.8. The van der Waals surface area contributed by atoms with Crippen LogP contribution in [-0.2, 0) is 11.8 Å². The summed E-state index contributed by atoms with van der Waals surface area (Å²) in [6, 6.07) is 8.62. The SMILES string of the molecule is C#C/C(Br)=C(O)\C(Br)=C/Cc1noc(C(=O)N2CCN(c3ccc(C(C)(C)C)cc3)CC2)n1. The van der Waals surface area contributed by atoms with Crippen molar-refractivity contribution in [3.05, 3.63) is 62.3 Å². The number of allylic oxidation sites excluding steroid dienone is 3. The molecule has 7 nitrogen and oxygen atoms in total. The van der Waals surface area contributed by atoms with Gasteiger partial charge in [0.15, 0.2) is 11.6 Å². The van der Waals surface area contributed by atoms with Gasteiger partial charge in [-0.15, -0.1) is 6.42 Å². The van der Waals surface area contributed by atoms with Crippen LogP contribution in [0.5, 0.6) is 0 Å². The Morgan fingerprint density at radius 1 is 1.21 bits per heavy atom. The fraction of sp³-hybridized carbons (Fsp3) is 0.375. The number of aliphatic hydroxyl groups is 1. The highest BCUT2D eigenvalue weighted by Gasteiger charge is 2.26. The molecule has 1 amide bonds. The molecule has 1 aromatic carbocycles. The van der Waals surface area contributed by atoms with E-state index in [0.29, 0.717) is 23.4 Å². The molecule has 3 rings (SSSR count). The van der Waals surface area contributed by atoms with E-state index in [9.17, 15) is 9.90 Å². The summed E-state index contributed by atoms with van der Waals surface area (Å²) in [4.78, 5) is 21.0. The van der Waals surface area contributed by atoms with Crippen molar-refractivity contribution >= 4 is 43.5 Å². The van der Waals surface area contributed by atoms with Crippen molar-refractivity contribution < 1.29 is 14.4 Å². The Labute approximate surface area is 210 Å². The lowest BCUT2D eigenvalue weighted by molar-refractivity contribution is 0.0696. The van der Waals surface area contributed by atoms with E-state index >= 15 is 0 Å². The molecule has 1 aliphatic heterocycles. The minimum Gasteiger partial charge on any atom is -0.505 e. The summed E-state index contributed by atoms with van der Waals surface area (Å²) in [7, 11) is 0. The molecule has 1 aliphatic rings. The molecule has 0 radical (unpaired) electrons. The van der Waals surface area contributed by atoms with Crippen LogP contribution in [0, 0.1) is 12.3 Å². The van der Waals surface area contributed by atoms with Crippen LogP contribution in [0.3, 0.4) is 0 Å². The lowest BCUT2D eigenvalue weighted by Crippen LogP contribution is -2.48. The molecule has 174 valence electrons. The molecule has 33 heavy (non-hydrogen) atoms. The smallest absolute Gasteiger partial charge is 0.316 e. The molecule has 1 fully saturated rings. The highest BCUT2D eigenvalue weighted by atomic mass is 79.9. The first kappa shape index (κ1) is 25.1. The zero-order chi connectivity index (χ0) is 24.2. The van der Waals surface area contributed by atoms with E-state index in [1.54, 1.807) is 11.0 Å². The Kier molecular flexibility index (Phi) is 8.03. The summed E-state index contributed by atoms with van der Waals surface area (Å²) < 4.78 is 5.78. The van der Waals surface area contributed by atoms with E-state index in [1.807, 2.05) is 0 Å². The Hall–Kier alpha value is -2.57. The summed E-state index contributed by atoms with van der Waals surface area (Å²) in [5.41, 5.74) is 2.57. The van der Waals surface area contributed by atoms with Crippen LogP contribution in [0.15, 0.2) is 49.6 Å². The molecule has 0 atom stereocenters. The number of aromatic nitrogens is 2. The van der Waals surface area contributed by atoms with Crippen molar-refractivity contribution in [2.75, 3.05) is 31.1 Å². The van der Waals surface area contributed by atoms with E-state index in [4.69, 9.17) is 10.9 Å². The number of hydrogen-bond donors (Lipinski definition) is 1. The number of aliphatic hydroxyl groups excluding tert-OH is 1. The third-order valence-electron chi connectivity index (χ3n) is 5.34. The maximum atomic E-state index is 12.8. The highest BCUT2D eigenvalue weighted by molar-refractivity contribution is 9.12. The zero-order valence-electron chi connectivity index (χ0n) is 18.8. The third-order valence-corrected chi connectivity index (χ3v) is 6.64. The highest BCUT2D eigenvalue weighted by Crippen LogP contribution is 2.26. The number of piperazine rings is 1. The number of hydrogen-bond acceptors (Lipinski definition) is 6. The van der Waals surface area contributed by atoms with Crippen LogP contribution in [-0.4, -0.2) is 52.2 Å². The molecular formula is C24H26Br2N4O3. The molecule has 9 heteroatoms. The fourth-order valence-corrected chi connectivity index (χ4v) is 4.19. The van der Waals surface area contributed by atoms with Gasteiger partial charge in [0.25, 0.3) is 0 Å². The Morgan fingerprint density at radius 2 is 1.85 bits per heavy atom. The number of carbonyl (C=O) groups is 1. The van der Waals surface area contributed by atoms with Gasteiger partial charge in [-0.1, -0.05) is 50.1 Å². The van der Waals surface area contributed by atoms with E-state index in [2.05, 4.69) is 97.9 Å². The first-order valence-electron chi connectivity index (χ1n) is 10.5. The molecule has 0 unspecified atom stereocenters. The first-order valence-corrected chi connectivity index (χ1v) is 12.1. The van der Waals surface area contributed by atoms with Crippen molar-refractivity contribution in [3.63, 3.8) is 0 Å². The van der Waals surface area contributed by atoms with Crippen LogP contribution in [0.1, 0.15) is 42.8 Å². The van der Waals surface area contributed by atoms with Crippen molar-refractivity contribution in [2.24, 2.45) is 0 Å². The average Bonchev–Trinajstić information content (AvgIpc) is 3.29. The molecule has 1 N–H and O–H groups in total. The number of anilines is 1. The van der Waals surface area contributed by atoms with Crippen LogP contribution >= 0.6 is 31.9 Å². The quantitative estimate of drug-likeness (QED) is 0.308. The predicted octanol–water partition coefficient (Wildman–Crippen LogP) is 4.95. The second-order valence-corrected chi connectivity index (χ2v) is 10.3. The van der Waals surface area contributed by atoms with Crippen LogP contribution in [0.2, 0.25) is 0 Å². The van der Waals surface area contributed by atoms with Crippen LogP contribution < -0.4 is 4.90 Å². The van der Waals surface area contributed by atoms with Gasteiger partial charge >= 0.3 is 11.8 Å². The number of nitrogens with zero attached hydrogens (tertiary/aromatic N) is 4. The monoisotopic (exact) mass is 576 g/mol. The van der Waals surface area contributed by atoms with Crippen molar-refractivity contribution in [3.8, 4) is 12.3 Å². The van der Waals surface area contributed by atoms with Gasteiger partial charge in [0.2, 0.25) is 0 Å². The van der Waals surface area contributed by atoms with E-state index in [-0.39, 0.29) is 33.9 Å². The van der Waals surface area contributed by atoms with Gasteiger partial charge in [0.1, 0.15) is 4.48 Å². The molecule has 2 aromatic rings. The lowest BCUT2D eigenvalue weighted by Gasteiger charge is -2.35. The number of rotatable bonds is 5. The maximum Gasteiger partial charge on any atom is 0.316 e. The van der Waals surface area contributed by atoms with Gasteiger partial charge in [-0.25, -0.2) is 0 Å². The second-order valence-electron chi connectivity index (χ2n) is 8.65. The molecule has 1 aromatic heterocycles. The summed E-state index contributed by atoms with van der Waals surface area (Å²) in [6.07, 6.45) is 7.13. The van der Waals surface area contributed by atoms with Gasteiger partial charge in [-0.3, -0.25) is 4.79 Å². The fourth-order valence-electron chi connectivity index (χ4n) is 3.35. The van der Waals surface area contributed by atoms with Gasteiger partial charge in [0, 0.05) is 38.3 Å². The molecule has 1 saturated heterocycles. The van der Waals surface area contributed by atoms with E-state index in [0.717, 1.165) is 18.8 Å². The topological polar surface area (TPSA) is 82.7 Å². The van der Waals surface area contributed by atoms with Gasteiger partial charge < -0.3 is 19.4 Å². The first-order chi connectivity index (χ1) is 15.6. The molecule has 0 aliphatic carbocycles. The van der Waals surface area contributed by atoms with Crippen LogP contribution in [0.4, 0.5) is 5.69 Å². The Morgan fingerprint density at radius 3 is 2.42 bits per heavy atom. The van der Waals surface area contributed by atoms with Crippen molar-refractivity contribution in [1.29, 1.82) is 0 Å². The van der Waals surface area contributed by atoms with Gasteiger partial charge in [-0.2, -0.15) is 4.98 Å². The number of halogens is 2. The van der Waals surface area contributed by atoms with E-state index < -0.39 is 0 Å². The Balaban J connectivity index is 1.57. The molecule has 2 heterocycles. The second kappa shape index (κ2) is 10.6. The summed E-state index contributed by atoms with van der Waals surface area (Å²) >= 11 is 6.33. The third kappa shape index (κ3) is 6.27. The number of benzene rings is 1. The number of amides is 1. The molecule has 0 spiro atoms. The summed E-state index contributed by atoms with van der Waals surface area (Å²) in [6.45, 7) is 9.20. The zero-order valence-corrected chi connectivity index (χ0v) is 22.0. The number of carbonyl (C=O) groups excluding carboxylic acids is 1. The lowest BCUT2D eigenvalue weighted by atomic mass is 9.87. The molecule has 0 bridgehead atoms. The minimum atomic E-state index is -0.280. The Bertz CT molecular complexity index is 1100. The minimum absolute atomic E-state index is 0.0397. The molecular weight excluding hydrogens is 552 g/mol. The average molecular weight is 578 g/mol. The summed E-state index contributed by atoms with van der Waals surface area (Å²) in [5.74, 6) is 2.20. The number of terminal acetylenes is 1. The van der Waals surface area contributed by atoms with E-state index in [1.165, 1.54) is 5.56 Å². The van der Waals surface area contributed by atoms with Gasteiger partial charge in [-0.05, 0) is 55.0 Å². The standard InChI is InChI=1S/C24H26Br2N4O3/c1-5-18(25)21(31)19(26)10-11-20-27-22(33-28-20)23(32)30-14-12-29(13-15-30)17-8-6-16(7-9-17)24(2,3)4/h1,6-10,31H,11-15H2,2-4H3/b19-10+,21-18-. The maximum absolute atomic E-state index is 12.8. The van der Waals surface area contributed by atoms with Crippen LogP contribution in [0.25, 0.3) is 0 Å². The van der Waals surface area contributed by atoms with Gasteiger partial charge in [0.05, 0.1) is 4.48 Å². The largest absolute Gasteiger partial charge is 0.505 e. The van der Waals surface area contributed by atoms with Crippen molar-refractivity contribution in [2.45, 2.75) is 32.6 Å². The van der Waals surface area contributed by atoms with Crippen molar-refractivity contribution in [1.82, 2.24) is 15.0 Å². The normalized spacial score (nSPS) is 15.8. The predicted molar refractivity (Wildman–Crippen MR) is 136 cm³/mol. The molecule has 0 saturated carbocycles.